The second-order valence-corrected chi connectivity index (χ2v) is 9.62. The molecule has 11 heteroatoms. The molecule has 0 aromatic heterocycles. The van der Waals surface area contributed by atoms with Crippen LogP contribution in [0.5, 0.6) is 5.75 Å². The Morgan fingerprint density at radius 1 is 0.838 bits per heavy atom. The highest BCUT2D eigenvalue weighted by Crippen LogP contribution is 2.12. The van der Waals surface area contributed by atoms with Gasteiger partial charge in [-0.2, -0.15) is 11.8 Å². The summed E-state index contributed by atoms with van der Waals surface area (Å²) in [6.45, 7) is 1.43. The van der Waals surface area contributed by atoms with Gasteiger partial charge < -0.3 is 31.9 Å². The average Bonchev–Trinajstić information content (AvgIpc) is 2.87. The SMILES string of the molecule is CSCCC(N)C(=O)NC(Cc1ccccc1)C(=O)NC(C)C(=O)NC(Cc1ccc(O)cc1)C(=O)O. The van der Waals surface area contributed by atoms with Crippen LogP contribution in [0.25, 0.3) is 0 Å². The minimum Gasteiger partial charge on any atom is -0.508 e. The van der Waals surface area contributed by atoms with Gasteiger partial charge in [-0.25, -0.2) is 4.79 Å². The molecule has 0 heterocycles. The highest BCUT2D eigenvalue weighted by Gasteiger charge is 2.28. The van der Waals surface area contributed by atoms with Gasteiger partial charge in [-0.3, -0.25) is 14.4 Å². The Morgan fingerprint density at radius 3 is 2.00 bits per heavy atom. The fraction of sp³-hybridized carbons (Fsp3) is 0.385. The Hall–Kier alpha value is -3.57. The van der Waals surface area contributed by atoms with E-state index in [0.29, 0.717) is 17.7 Å². The number of carbonyl (C=O) groups excluding carboxylic acids is 3. The Bertz CT molecular complexity index is 1050. The van der Waals surface area contributed by atoms with E-state index in [-0.39, 0.29) is 18.6 Å². The molecule has 0 aliphatic heterocycles. The van der Waals surface area contributed by atoms with Crippen molar-refractivity contribution in [3.8, 4) is 5.75 Å². The molecule has 0 fully saturated rings. The van der Waals surface area contributed by atoms with Crippen LogP contribution in [0.2, 0.25) is 0 Å². The number of hydrogen-bond acceptors (Lipinski definition) is 7. The Labute approximate surface area is 220 Å². The summed E-state index contributed by atoms with van der Waals surface area (Å²) in [7, 11) is 0. The molecular weight excluding hydrogens is 496 g/mol. The third-order valence-electron chi connectivity index (χ3n) is 5.63. The van der Waals surface area contributed by atoms with E-state index in [4.69, 9.17) is 5.73 Å². The summed E-state index contributed by atoms with van der Waals surface area (Å²) in [5, 5.41) is 26.6. The fourth-order valence-corrected chi connectivity index (χ4v) is 3.95. The zero-order valence-corrected chi connectivity index (χ0v) is 21.7. The molecule has 0 aliphatic carbocycles. The topological polar surface area (TPSA) is 171 Å². The standard InChI is InChI=1S/C26H34N4O6S/c1-16(23(32)30-22(26(35)36)15-18-8-10-19(31)11-9-18)28-25(34)21(14-17-6-4-3-5-7-17)29-24(33)20(27)12-13-37-2/h3-11,16,20-22,31H,12-15,27H2,1-2H3,(H,28,34)(H,29,33)(H,30,32)(H,35,36). The van der Waals surface area contributed by atoms with E-state index in [1.165, 1.54) is 19.1 Å². The summed E-state index contributed by atoms with van der Waals surface area (Å²) in [4.78, 5) is 50.1. The number of carboxylic acid groups (broad SMARTS) is 1. The number of aromatic hydroxyl groups is 1. The van der Waals surface area contributed by atoms with Crippen molar-refractivity contribution in [1.29, 1.82) is 0 Å². The number of carboxylic acids is 1. The molecule has 2 rings (SSSR count). The van der Waals surface area contributed by atoms with E-state index in [0.717, 1.165) is 5.56 Å². The normalized spacial score (nSPS) is 14.0. The average molecular weight is 531 g/mol. The van der Waals surface area contributed by atoms with Crippen molar-refractivity contribution < 1.29 is 29.4 Å². The quantitative estimate of drug-likeness (QED) is 0.208. The van der Waals surface area contributed by atoms with Crippen molar-refractivity contribution >= 4 is 35.5 Å². The van der Waals surface area contributed by atoms with E-state index in [1.54, 1.807) is 23.9 Å². The van der Waals surface area contributed by atoms with Gasteiger partial charge in [0.2, 0.25) is 17.7 Å². The molecule has 0 bridgehead atoms. The lowest BCUT2D eigenvalue weighted by molar-refractivity contribution is -0.142. The molecule has 0 saturated carbocycles. The predicted octanol–water partition coefficient (Wildman–Crippen LogP) is 0.817. The van der Waals surface area contributed by atoms with Crippen molar-refractivity contribution in [2.45, 2.75) is 50.4 Å². The molecular formula is C26H34N4O6S. The molecule has 0 saturated heterocycles. The van der Waals surface area contributed by atoms with Crippen molar-refractivity contribution in [3.63, 3.8) is 0 Å². The number of aliphatic carboxylic acids is 1. The predicted molar refractivity (Wildman–Crippen MR) is 142 cm³/mol. The van der Waals surface area contributed by atoms with Gasteiger partial charge in [0.05, 0.1) is 6.04 Å². The number of thioether (sulfide) groups is 1. The van der Waals surface area contributed by atoms with E-state index < -0.39 is 47.9 Å². The minimum atomic E-state index is -1.24. The van der Waals surface area contributed by atoms with Gasteiger partial charge in [-0.1, -0.05) is 42.5 Å². The molecule has 3 amide bonds. The van der Waals surface area contributed by atoms with Crippen LogP contribution in [-0.2, 0) is 32.0 Å². The summed E-state index contributed by atoms with van der Waals surface area (Å²) in [6.07, 6.45) is 2.52. The van der Waals surface area contributed by atoms with E-state index in [1.807, 2.05) is 36.6 Å². The largest absolute Gasteiger partial charge is 0.508 e. The lowest BCUT2D eigenvalue weighted by Crippen LogP contribution is -2.57. The molecule has 4 unspecified atom stereocenters. The van der Waals surface area contributed by atoms with Crippen LogP contribution < -0.4 is 21.7 Å². The summed E-state index contributed by atoms with van der Waals surface area (Å²) in [5.41, 5.74) is 7.36. The van der Waals surface area contributed by atoms with Gasteiger partial charge in [0.25, 0.3) is 0 Å². The summed E-state index contributed by atoms with van der Waals surface area (Å²) in [6, 6.07) is 11.0. The van der Waals surface area contributed by atoms with Crippen LogP contribution >= 0.6 is 11.8 Å². The Balaban J connectivity index is 2.06. The first-order valence-corrected chi connectivity index (χ1v) is 13.2. The molecule has 4 atom stereocenters. The van der Waals surface area contributed by atoms with Crippen LogP contribution in [-0.4, -0.2) is 70.1 Å². The lowest BCUT2D eigenvalue weighted by Gasteiger charge is -2.24. The maximum Gasteiger partial charge on any atom is 0.326 e. The summed E-state index contributed by atoms with van der Waals surface area (Å²) < 4.78 is 0. The summed E-state index contributed by atoms with van der Waals surface area (Å²) in [5.74, 6) is -2.27. The molecule has 37 heavy (non-hydrogen) atoms. The maximum absolute atomic E-state index is 13.1. The van der Waals surface area contributed by atoms with Gasteiger partial charge in [-0.05, 0) is 48.6 Å². The van der Waals surface area contributed by atoms with E-state index in [2.05, 4.69) is 16.0 Å². The summed E-state index contributed by atoms with van der Waals surface area (Å²) >= 11 is 1.56. The van der Waals surface area contributed by atoms with Crippen LogP contribution in [0.15, 0.2) is 54.6 Å². The van der Waals surface area contributed by atoms with Crippen LogP contribution in [0.4, 0.5) is 0 Å². The van der Waals surface area contributed by atoms with E-state index in [9.17, 15) is 29.4 Å². The number of phenols is 1. The van der Waals surface area contributed by atoms with Crippen molar-refractivity contribution in [1.82, 2.24) is 16.0 Å². The number of nitrogens with two attached hydrogens (primary N) is 1. The van der Waals surface area contributed by atoms with E-state index >= 15 is 0 Å². The van der Waals surface area contributed by atoms with Crippen molar-refractivity contribution in [3.05, 3.63) is 65.7 Å². The molecule has 0 radical (unpaired) electrons. The van der Waals surface area contributed by atoms with Gasteiger partial charge >= 0.3 is 5.97 Å². The number of rotatable bonds is 14. The lowest BCUT2D eigenvalue weighted by atomic mass is 10.0. The van der Waals surface area contributed by atoms with Crippen molar-refractivity contribution in [2.75, 3.05) is 12.0 Å². The first-order chi connectivity index (χ1) is 17.6. The first-order valence-electron chi connectivity index (χ1n) is 11.8. The molecule has 2 aromatic rings. The van der Waals surface area contributed by atoms with Crippen LogP contribution in [0.3, 0.4) is 0 Å². The highest BCUT2D eigenvalue weighted by molar-refractivity contribution is 7.98. The van der Waals surface area contributed by atoms with Gasteiger partial charge in [-0.15, -0.1) is 0 Å². The number of nitrogens with one attached hydrogen (secondary N) is 3. The second kappa shape index (κ2) is 14.9. The number of amides is 3. The van der Waals surface area contributed by atoms with Crippen LogP contribution in [0.1, 0.15) is 24.5 Å². The van der Waals surface area contributed by atoms with Crippen LogP contribution in [0, 0.1) is 0 Å². The van der Waals surface area contributed by atoms with Gasteiger partial charge in [0.15, 0.2) is 0 Å². The smallest absolute Gasteiger partial charge is 0.326 e. The molecule has 0 aliphatic rings. The molecule has 0 spiro atoms. The first kappa shape index (κ1) is 29.7. The third kappa shape index (κ3) is 10.1. The molecule has 10 nitrogen and oxygen atoms in total. The Kier molecular flexibility index (Phi) is 11.9. The zero-order valence-electron chi connectivity index (χ0n) is 20.8. The second-order valence-electron chi connectivity index (χ2n) is 8.64. The number of carbonyl (C=O) groups is 4. The number of hydrogen-bond donors (Lipinski definition) is 6. The maximum atomic E-state index is 13.1. The highest BCUT2D eigenvalue weighted by atomic mass is 32.2. The van der Waals surface area contributed by atoms with Crippen molar-refractivity contribution in [2.24, 2.45) is 5.73 Å². The number of phenolic OH excluding ortho intramolecular Hbond substituents is 1. The Morgan fingerprint density at radius 2 is 1.41 bits per heavy atom. The third-order valence-corrected chi connectivity index (χ3v) is 6.27. The number of benzene rings is 2. The molecule has 200 valence electrons. The minimum absolute atomic E-state index is 0.0113. The monoisotopic (exact) mass is 530 g/mol. The fourth-order valence-electron chi connectivity index (χ4n) is 3.46. The van der Waals surface area contributed by atoms with Gasteiger partial charge in [0.1, 0.15) is 23.9 Å². The molecule has 2 aromatic carbocycles. The zero-order chi connectivity index (χ0) is 27.4. The van der Waals surface area contributed by atoms with Gasteiger partial charge in [0, 0.05) is 12.8 Å². The molecule has 7 N–H and O–H groups in total.